The van der Waals surface area contributed by atoms with Gasteiger partial charge in [-0.2, -0.15) is 10.5 Å². The molecule has 8 atom stereocenters. The molecule has 6 heteroatoms. The van der Waals surface area contributed by atoms with Crippen LogP contribution in [0.15, 0.2) is 169 Å². The summed E-state index contributed by atoms with van der Waals surface area (Å²) in [6.07, 6.45) is 29.5. The summed E-state index contributed by atoms with van der Waals surface area (Å²) in [7, 11) is 0. The molecule has 2 aromatic heterocycles. The molecule has 0 radical (unpaired) electrons. The van der Waals surface area contributed by atoms with E-state index >= 15 is 0 Å². The number of rotatable bonds is 3. The summed E-state index contributed by atoms with van der Waals surface area (Å²) in [5.74, 6) is 0.356. The maximum Gasteiger partial charge on any atom is 0.0991 e. The summed E-state index contributed by atoms with van der Waals surface area (Å²) in [4.78, 5) is 0. The lowest BCUT2D eigenvalue weighted by Gasteiger charge is -2.44. The van der Waals surface area contributed by atoms with E-state index in [0.717, 1.165) is 27.5 Å². The number of thioether (sulfide) groups is 2. The molecule has 0 saturated carbocycles. The minimum Gasteiger partial charge on any atom is -0.310 e. The Kier molecular flexibility index (Phi) is 7.31. The van der Waals surface area contributed by atoms with Gasteiger partial charge < -0.3 is 9.13 Å². The van der Waals surface area contributed by atoms with E-state index in [9.17, 15) is 10.5 Å². The molecule has 8 unspecified atom stereocenters. The highest BCUT2D eigenvalue weighted by atomic mass is 32.2. The predicted octanol–water partition coefficient (Wildman–Crippen LogP) is 12.8. The maximum absolute atomic E-state index is 9.77. The molecular weight excluding hydrogens is 757 g/mol. The van der Waals surface area contributed by atoms with Crippen LogP contribution in [-0.2, 0) is 0 Å². The number of aromatic nitrogens is 2. The average molecular weight is 797 g/mol. The van der Waals surface area contributed by atoms with Gasteiger partial charge in [0.1, 0.15) is 0 Å². The SMILES string of the molecule is CC12C=C(n3c4ccccc4c4ccccc43)C=CC1SC1C=CC(C3=CC4(C)C(C=C3)SC3C=CC(n5c6ccc(C#N)cc6c6cc(C#N)ccc65)=CC34C)=CC12. The minimum absolute atomic E-state index is 0.0519. The van der Waals surface area contributed by atoms with Crippen molar-refractivity contribution in [1.82, 2.24) is 9.13 Å². The lowest BCUT2D eigenvalue weighted by Crippen LogP contribution is -2.42. The van der Waals surface area contributed by atoms with Crippen LogP contribution in [0, 0.1) is 44.8 Å². The van der Waals surface area contributed by atoms with E-state index in [4.69, 9.17) is 0 Å². The van der Waals surface area contributed by atoms with E-state index in [-0.39, 0.29) is 16.2 Å². The molecule has 0 amide bonds. The van der Waals surface area contributed by atoms with Gasteiger partial charge in [-0.15, -0.1) is 23.5 Å². The lowest BCUT2D eigenvalue weighted by molar-refractivity contribution is 0.217. The Bertz CT molecular complexity index is 3110. The van der Waals surface area contributed by atoms with Crippen LogP contribution < -0.4 is 0 Å². The second kappa shape index (κ2) is 12.3. The topological polar surface area (TPSA) is 57.4 Å². The molecule has 2 fully saturated rings. The van der Waals surface area contributed by atoms with Gasteiger partial charge in [-0.3, -0.25) is 0 Å². The number of hydrogen-bond acceptors (Lipinski definition) is 4. The van der Waals surface area contributed by atoms with Gasteiger partial charge in [-0.05, 0) is 71.8 Å². The number of nitriles is 2. The van der Waals surface area contributed by atoms with Crippen LogP contribution >= 0.6 is 23.5 Å². The fourth-order valence-corrected chi connectivity index (χ4v) is 14.8. The molecule has 6 aromatic rings. The molecule has 12 rings (SSSR count). The summed E-state index contributed by atoms with van der Waals surface area (Å²) in [6, 6.07) is 34.1. The van der Waals surface area contributed by atoms with E-state index in [1.54, 1.807) is 0 Å². The second-order valence-corrected chi connectivity index (χ2v) is 20.3. The van der Waals surface area contributed by atoms with Gasteiger partial charge >= 0.3 is 0 Å². The molecular formula is C53H40N4S2. The Balaban J connectivity index is 0.935. The molecule has 2 saturated heterocycles. The fraction of sp³-hybridized carbons (Fsp3) is 0.208. The first kappa shape index (κ1) is 35.1. The van der Waals surface area contributed by atoms with E-state index in [1.807, 2.05) is 24.3 Å². The summed E-state index contributed by atoms with van der Waals surface area (Å²) in [6.45, 7) is 7.41. The first-order valence-corrected chi connectivity index (χ1v) is 22.4. The molecule has 0 bridgehead atoms. The number of hydrogen-bond donors (Lipinski definition) is 0. The van der Waals surface area contributed by atoms with Gasteiger partial charge in [0.25, 0.3) is 0 Å². The van der Waals surface area contributed by atoms with E-state index in [1.165, 1.54) is 38.6 Å². The Morgan fingerprint density at radius 1 is 0.525 bits per heavy atom. The molecule has 0 N–H and O–H groups in total. The Hall–Kier alpha value is -5.92. The monoisotopic (exact) mass is 796 g/mol. The molecule has 2 aliphatic heterocycles. The minimum atomic E-state index is -0.180. The fourth-order valence-electron chi connectivity index (χ4n) is 11.2. The standard InChI is InChI=1S/C53H40N4S2/c1-51-28-36(56-43-10-6-4-8-38(43)39-9-5-7-11-44(39)56)16-22-48(51)58-47-20-14-34(26-42(47)51)35-15-21-49-52(2,27-35)53(3)29-37(17-23-50(53)59-49)57-45-18-12-32(30-54)24-40(45)41-25-33(31-55)13-19-46(41)57/h4-29,42,47-50H,1-3H3. The van der Waals surface area contributed by atoms with Crippen molar-refractivity contribution in [2.75, 3.05) is 0 Å². The van der Waals surface area contributed by atoms with Crippen LogP contribution in [0.1, 0.15) is 31.9 Å². The molecule has 4 nitrogen and oxygen atoms in total. The molecule has 284 valence electrons. The molecule has 4 aliphatic carbocycles. The van der Waals surface area contributed by atoms with Crippen LogP contribution in [-0.4, -0.2) is 30.1 Å². The van der Waals surface area contributed by atoms with Crippen LogP contribution in [0.3, 0.4) is 0 Å². The highest BCUT2D eigenvalue weighted by molar-refractivity contribution is 8.01. The van der Waals surface area contributed by atoms with E-state index in [2.05, 4.69) is 199 Å². The first-order chi connectivity index (χ1) is 28.7. The van der Waals surface area contributed by atoms with Crippen molar-refractivity contribution >= 4 is 78.5 Å². The third kappa shape index (κ3) is 4.74. The summed E-state index contributed by atoms with van der Waals surface area (Å²) >= 11 is 4.17. The van der Waals surface area contributed by atoms with Gasteiger partial charge in [0.15, 0.2) is 0 Å². The zero-order chi connectivity index (χ0) is 39.8. The van der Waals surface area contributed by atoms with Crippen LogP contribution in [0.4, 0.5) is 0 Å². The predicted molar refractivity (Wildman–Crippen MR) is 248 cm³/mol. The van der Waals surface area contributed by atoms with Crippen molar-refractivity contribution in [2.45, 2.75) is 41.8 Å². The number of para-hydroxylation sites is 2. The molecule has 59 heavy (non-hydrogen) atoms. The van der Waals surface area contributed by atoms with Crippen LogP contribution in [0.25, 0.3) is 55.0 Å². The quantitative estimate of drug-likeness (QED) is 0.179. The largest absolute Gasteiger partial charge is 0.310 e. The number of benzene rings is 4. The molecule has 0 spiro atoms. The smallest absolute Gasteiger partial charge is 0.0991 e. The van der Waals surface area contributed by atoms with Crippen molar-refractivity contribution in [3.8, 4) is 12.1 Å². The normalized spacial score (nSPS) is 31.3. The average Bonchev–Trinajstić information content (AvgIpc) is 3.94. The zero-order valence-electron chi connectivity index (χ0n) is 33.0. The van der Waals surface area contributed by atoms with E-state index in [0.29, 0.717) is 38.0 Å². The van der Waals surface area contributed by atoms with Gasteiger partial charge in [0.2, 0.25) is 0 Å². The van der Waals surface area contributed by atoms with Gasteiger partial charge in [0, 0.05) is 76.1 Å². The van der Waals surface area contributed by atoms with Crippen molar-refractivity contribution in [1.29, 1.82) is 10.5 Å². The van der Waals surface area contributed by atoms with Gasteiger partial charge in [-0.1, -0.05) is 118 Å². The summed E-state index contributed by atoms with van der Waals surface area (Å²) in [5, 5.41) is 25.6. The molecule has 6 aliphatic rings. The second-order valence-electron chi connectivity index (χ2n) is 17.6. The summed E-state index contributed by atoms with van der Waals surface area (Å²) in [5.41, 5.74) is 10.5. The Morgan fingerprint density at radius 3 is 1.68 bits per heavy atom. The molecule has 4 heterocycles. The molecule has 4 aromatic carbocycles. The van der Waals surface area contributed by atoms with Crippen LogP contribution in [0.5, 0.6) is 0 Å². The lowest BCUT2D eigenvalue weighted by atomic mass is 9.58. The van der Waals surface area contributed by atoms with Gasteiger partial charge in [0.05, 0.1) is 45.3 Å². The number of nitrogens with zero attached hydrogens (tertiary/aromatic N) is 4. The number of allylic oxidation sites excluding steroid dienone is 12. The Morgan fingerprint density at radius 2 is 1.05 bits per heavy atom. The highest BCUT2D eigenvalue weighted by Crippen LogP contribution is 2.66. The third-order valence-corrected chi connectivity index (χ3v) is 18.2. The van der Waals surface area contributed by atoms with E-state index < -0.39 is 0 Å². The van der Waals surface area contributed by atoms with Crippen LogP contribution in [0.2, 0.25) is 0 Å². The summed E-state index contributed by atoms with van der Waals surface area (Å²) < 4.78 is 4.80. The van der Waals surface area contributed by atoms with Gasteiger partial charge in [-0.25, -0.2) is 0 Å². The third-order valence-electron chi connectivity index (χ3n) is 14.6. The zero-order valence-corrected chi connectivity index (χ0v) is 34.6. The van der Waals surface area contributed by atoms with Crippen molar-refractivity contribution in [3.63, 3.8) is 0 Å². The maximum atomic E-state index is 9.77. The highest BCUT2D eigenvalue weighted by Gasteiger charge is 2.59. The Labute approximate surface area is 352 Å². The number of fused-ring (bicyclic) bond motifs is 12. The van der Waals surface area contributed by atoms with Crippen molar-refractivity contribution in [2.24, 2.45) is 22.2 Å². The van der Waals surface area contributed by atoms with Crippen molar-refractivity contribution in [3.05, 3.63) is 180 Å². The van der Waals surface area contributed by atoms with Crippen molar-refractivity contribution < 1.29 is 0 Å². The first-order valence-electron chi connectivity index (χ1n) is 20.5.